The van der Waals surface area contributed by atoms with E-state index in [1.54, 1.807) is 0 Å². The summed E-state index contributed by atoms with van der Waals surface area (Å²) in [7, 11) is 0. The number of hydrogen-bond donors (Lipinski definition) is 1. The van der Waals surface area contributed by atoms with Crippen molar-refractivity contribution in [2.24, 2.45) is 5.92 Å². The summed E-state index contributed by atoms with van der Waals surface area (Å²) >= 11 is 1.86. The van der Waals surface area contributed by atoms with Crippen LogP contribution in [0, 0.1) is 5.92 Å². The molecule has 0 radical (unpaired) electrons. The molecule has 0 aromatic heterocycles. The topological polar surface area (TPSA) is 21.3 Å². The first-order chi connectivity index (χ1) is 7.95. The molecule has 1 atom stereocenters. The van der Waals surface area contributed by atoms with E-state index in [-0.39, 0.29) is 0 Å². The first-order valence-corrected chi connectivity index (χ1v) is 6.90. The zero-order valence-electron chi connectivity index (χ0n) is 9.52. The Morgan fingerprint density at radius 1 is 1.31 bits per heavy atom. The molecule has 1 fully saturated rings. The lowest BCUT2D eigenvalue weighted by molar-refractivity contribution is 0.119. The van der Waals surface area contributed by atoms with Crippen molar-refractivity contribution in [3.63, 3.8) is 0 Å². The van der Waals surface area contributed by atoms with E-state index in [1.807, 2.05) is 17.8 Å². The molecule has 1 aliphatic rings. The standard InChI is InChI=1S/C13H19NOS/c1-2-4-13(5-3-1)16-9-8-15-11-12-6-7-14-10-12/h1-5,12,14H,6-11H2. The van der Waals surface area contributed by atoms with Gasteiger partial charge in [-0.1, -0.05) is 18.2 Å². The predicted octanol–water partition coefficient (Wildman–Crippen LogP) is 2.40. The van der Waals surface area contributed by atoms with Crippen molar-refractivity contribution in [3.05, 3.63) is 30.3 Å². The fourth-order valence-electron chi connectivity index (χ4n) is 1.84. The lowest BCUT2D eigenvalue weighted by Crippen LogP contribution is -2.14. The number of rotatable bonds is 6. The minimum Gasteiger partial charge on any atom is -0.380 e. The van der Waals surface area contributed by atoms with Gasteiger partial charge in [-0.25, -0.2) is 0 Å². The zero-order valence-corrected chi connectivity index (χ0v) is 10.3. The quantitative estimate of drug-likeness (QED) is 0.606. The van der Waals surface area contributed by atoms with Crippen molar-refractivity contribution >= 4 is 11.8 Å². The molecule has 0 amide bonds. The van der Waals surface area contributed by atoms with Crippen molar-refractivity contribution in [1.29, 1.82) is 0 Å². The molecule has 1 aliphatic heterocycles. The number of hydrogen-bond acceptors (Lipinski definition) is 3. The maximum Gasteiger partial charge on any atom is 0.0560 e. The minimum atomic E-state index is 0.738. The molecule has 1 aromatic rings. The Morgan fingerprint density at radius 2 is 2.19 bits per heavy atom. The van der Waals surface area contributed by atoms with E-state index < -0.39 is 0 Å². The Morgan fingerprint density at radius 3 is 2.94 bits per heavy atom. The molecule has 88 valence electrons. The van der Waals surface area contributed by atoms with Gasteiger partial charge < -0.3 is 10.1 Å². The van der Waals surface area contributed by atoms with Crippen LogP contribution in [0.25, 0.3) is 0 Å². The smallest absolute Gasteiger partial charge is 0.0560 e. The van der Waals surface area contributed by atoms with E-state index in [0.717, 1.165) is 38.0 Å². The fraction of sp³-hybridized carbons (Fsp3) is 0.538. The molecule has 16 heavy (non-hydrogen) atoms. The second-order valence-electron chi connectivity index (χ2n) is 4.10. The lowest BCUT2D eigenvalue weighted by Gasteiger charge is -2.08. The third-order valence-electron chi connectivity index (χ3n) is 2.76. The number of thioether (sulfide) groups is 1. The van der Waals surface area contributed by atoms with Crippen LogP contribution in [0.4, 0.5) is 0 Å². The summed E-state index contributed by atoms with van der Waals surface area (Å²) in [5.74, 6) is 1.78. The molecule has 2 rings (SSSR count). The summed E-state index contributed by atoms with van der Waals surface area (Å²) in [5.41, 5.74) is 0. The molecular weight excluding hydrogens is 218 g/mol. The van der Waals surface area contributed by atoms with Crippen LogP contribution in [0.15, 0.2) is 35.2 Å². The molecule has 1 N–H and O–H groups in total. The van der Waals surface area contributed by atoms with E-state index in [0.29, 0.717) is 0 Å². The summed E-state index contributed by atoms with van der Waals surface area (Å²) in [6, 6.07) is 10.5. The van der Waals surface area contributed by atoms with Crippen LogP contribution < -0.4 is 5.32 Å². The maximum absolute atomic E-state index is 5.68. The lowest BCUT2D eigenvalue weighted by atomic mass is 10.1. The van der Waals surface area contributed by atoms with E-state index in [2.05, 4.69) is 29.6 Å². The van der Waals surface area contributed by atoms with Crippen LogP contribution in [0.1, 0.15) is 6.42 Å². The van der Waals surface area contributed by atoms with Gasteiger partial charge in [0.25, 0.3) is 0 Å². The highest BCUT2D eigenvalue weighted by Gasteiger charge is 2.13. The molecule has 0 saturated carbocycles. The van der Waals surface area contributed by atoms with Crippen LogP contribution in [0.2, 0.25) is 0 Å². The molecule has 1 saturated heterocycles. The van der Waals surface area contributed by atoms with Crippen LogP contribution in [-0.4, -0.2) is 32.1 Å². The number of benzene rings is 1. The fourth-order valence-corrected chi connectivity index (χ4v) is 2.63. The van der Waals surface area contributed by atoms with Gasteiger partial charge in [0.1, 0.15) is 0 Å². The molecule has 3 heteroatoms. The van der Waals surface area contributed by atoms with Gasteiger partial charge in [0.05, 0.1) is 13.2 Å². The average molecular weight is 237 g/mol. The molecular formula is C13H19NOS. The van der Waals surface area contributed by atoms with Crippen molar-refractivity contribution in [2.45, 2.75) is 11.3 Å². The highest BCUT2D eigenvalue weighted by Crippen LogP contribution is 2.16. The van der Waals surface area contributed by atoms with Crippen molar-refractivity contribution in [2.75, 3.05) is 32.1 Å². The van der Waals surface area contributed by atoms with Gasteiger partial charge in [-0.15, -0.1) is 11.8 Å². The van der Waals surface area contributed by atoms with Crippen LogP contribution in [0.3, 0.4) is 0 Å². The van der Waals surface area contributed by atoms with Gasteiger partial charge in [0.2, 0.25) is 0 Å². The predicted molar refractivity (Wildman–Crippen MR) is 69.0 cm³/mol. The molecule has 2 nitrogen and oxygen atoms in total. The Kier molecular flexibility index (Phi) is 5.19. The van der Waals surface area contributed by atoms with E-state index in [4.69, 9.17) is 4.74 Å². The third kappa shape index (κ3) is 4.16. The van der Waals surface area contributed by atoms with E-state index in [1.165, 1.54) is 11.3 Å². The molecule has 0 spiro atoms. The van der Waals surface area contributed by atoms with Gasteiger partial charge in [-0.05, 0) is 31.0 Å². The molecule has 1 heterocycles. The van der Waals surface area contributed by atoms with Crippen molar-refractivity contribution in [3.8, 4) is 0 Å². The van der Waals surface area contributed by atoms with Gasteiger partial charge in [0.15, 0.2) is 0 Å². The van der Waals surface area contributed by atoms with Crippen molar-refractivity contribution in [1.82, 2.24) is 5.32 Å². The average Bonchev–Trinajstić information content (AvgIpc) is 2.83. The number of nitrogens with one attached hydrogen (secondary N) is 1. The Labute approximate surface area is 102 Å². The maximum atomic E-state index is 5.68. The van der Waals surface area contributed by atoms with Crippen LogP contribution in [0.5, 0.6) is 0 Å². The minimum absolute atomic E-state index is 0.738. The van der Waals surface area contributed by atoms with Crippen molar-refractivity contribution < 1.29 is 4.74 Å². The Balaban J connectivity index is 1.52. The van der Waals surface area contributed by atoms with Crippen LogP contribution >= 0.6 is 11.8 Å². The Hall–Kier alpha value is -0.510. The Bertz CT molecular complexity index is 285. The van der Waals surface area contributed by atoms with E-state index in [9.17, 15) is 0 Å². The number of ether oxygens (including phenoxy) is 1. The van der Waals surface area contributed by atoms with Gasteiger partial charge in [0, 0.05) is 17.2 Å². The van der Waals surface area contributed by atoms with Crippen LogP contribution in [-0.2, 0) is 4.74 Å². The third-order valence-corrected chi connectivity index (χ3v) is 3.73. The summed E-state index contributed by atoms with van der Waals surface area (Å²) in [6.07, 6.45) is 1.27. The monoisotopic (exact) mass is 237 g/mol. The summed E-state index contributed by atoms with van der Waals surface area (Å²) in [4.78, 5) is 1.33. The highest BCUT2D eigenvalue weighted by atomic mass is 32.2. The molecule has 0 aliphatic carbocycles. The second-order valence-corrected chi connectivity index (χ2v) is 5.26. The van der Waals surface area contributed by atoms with Gasteiger partial charge in [-0.3, -0.25) is 0 Å². The van der Waals surface area contributed by atoms with E-state index >= 15 is 0 Å². The first-order valence-electron chi connectivity index (χ1n) is 5.91. The summed E-state index contributed by atoms with van der Waals surface area (Å²) in [5, 5.41) is 3.35. The molecule has 1 aromatic carbocycles. The largest absolute Gasteiger partial charge is 0.380 e. The zero-order chi connectivity index (χ0) is 11.1. The highest BCUT2D eigenvalue weighted by molar-refractivity contribution is 7.99. The second kappa shape index (κ2) is 6.94. The first kappa shape index (κ1) is 12.0. The molecule has 1 unspecified atom stereocenters. The van der Waals surface area contributed by atoms with Gasteiger partial charge in [-0.2, -0.15) is 0 Å². The SMILES string of the molecule is c1ccc(SCCOCC2CCNC2)cc1. The normalized spacial score (nSPS) is 20.1. The molecule has 0 bridgehead atoms. The summed E-state index contributed by atoms with van der Waals surface area (Å²) in [6.45, 7) is 4.07. The van der Waals surface area contributed by atoms with Gasteiger partial charge >= 0.3 is 0 Å². The summed E-state index contributed by atoms with van der Waals surface area (Å²) < 4.78 is 5.68.